The molecule has 0 aromatic heterocycles. The number of carbonyl (C=O) groups is 1. The van der Waals surface area contributed by atoms with Crippen molar-refractivity contribution >= 4 is 5.97 Å². The molecule has 0 unspecified atom stereocenters. The van der Waals surface area contributed by atoms with Gasteiger partial charge in [0.05, 0.1) is 12.5 Å². The maximum Gasteiger partial charge on any atom is 0.312 e. The zero-order valence-electron chi connectivity index (χ0n) is 9.85. The van der Waals surface area contributed by atoms with E-state index in [9.17, 15) is 4.79 Å². The molecule has 0 bridgehead atoms. The summed E-state index contributed by atoms with van der Waals surface area (Å²) in [4.78, 5) is 11.9. The Labute approximate surface area is 87.0 Å². The first-order chi connectivity index (χ1) is 6.56. The van der Waals surface area contributed by atoms with Gasteiger partial charge in [-0.3, -0.25) is 4.79 Å². The summed E-state index contributed by atoms with van der Waals surface area (Å²) in [6.07, 6.45) is 5.30. The summed E-state index contributed by atoms with van der Waals surface area (Å²) in [6, 6.07) is 0. The van der Waals surface area contributed by atoms with Gasteiger partial charge in [0.25, 0.3) is 0 Å². The van der Waals surface area contributed by atoms with Gasteiger partial charge in [0.2, 0.25) is 0 Å². The van der Waals surface area contributed by atoms with Gasteiger partial charge in [0.1, 0.15) is 0 Å². The molecule has 1 fully saturated rings. The van der Waals surface area contributed by atoms with Crippen LogP contribution in [0.3, 0.4) is 0 Å². The van der Waals surface area contributed by atoms with Crippen LogP contribution in [-0.2, 0) is 9.53 Å². The second-order valence-corrected chi connectivity index (χ2v) is 4.70. The maximum absolute atomic E-state index is 11.9. The lowest BCUT2D eigenvalue weighted by atomic mass is 9.52. The van der Waals surface area contributed by atoms with Crippen molar-refractivity contribution in [3.63, 3.8) is 0 Å². The summed E-state index contributed by atoms with van der Waals surface area (Å²) in [7, 11) is 1.51. The highest BCUT2D eigenvalue weighted by Crippen LogP contribution is 2.57. The van der Waals surface area contributed by atoms with Gasteiger partial charge in [-0.25, -0.2) is 0 Å². The molecule has 0 heterocycles. The number of hydrogen-bond acceptors (Lipinski definition) is 2. The van der Waals surface area contributed by atoms with Crippen LogP contribution in [-0.4, -0.2) is 13.1 Å². The normalized spacial score (nSPS) is 20.0. The van der Waals surface area contributed by atoms with E-state index < -0.39 is 0 Å². The minimum absolute atomic E-state index is 0.00921. The molecule has 0 spiro atoms. The quantitative estimate of drug-likeness (QED) is 0.649. The Morgan fingerprint density at radius 2 is 1.86 bits per heavy atom. The molecule has 1 aliphatic carbocycles. The molecular weight excluding hydrogens is 176 g/mol. The Morgan fingerprint density at radius 1 is 1.36 bits per heavy atom. The maximum atomic E-state index is 11.9. The van der Waals surface area contributed by atoms with Crippen LogP contribution in [0.4, 0.5) is 0 Å². The number of rotatable bonds is 4. The van der Waals surface area contributed by atoms with E-state index in [1.807, 2.05) is 0 Å². The number of carbonyl (C=O) groups excluding carboxylic acids is 1. The average Bonchev–Trinajstić information content (AvgIpc) is 2.15. The third-order valence-electron chi connectivity index (χ3n) is 4.50. The fourth-order valence-corrected chi connectivity index (χ4v) is 2.71. The van der Waals surface area contributed by atoms with E-state index in [0.29, 0.717) is 0 Å². The summed E-state index contributed by atoms with van der Waals surface area (Å²) < 4.78 is 4.97. The fraction of sp³-hybridized carbons (Fsp3) is 0.917. The molecular formula is C12H22O2. The van der Waals surface area contributed by atoms with Crippen molar-refractivity contribution in [2.75, 3.05) is 7.11 Å². The molecule has 1 rings (SSSR count). The first kappa shape index (κ1) is 11.5. The largest absolute Gasteiger partial charge is 0.469 e. The van der Waals surface area contributed by atoms with Gasteiger partial charge in [-0.2, -0.15) is 0 Å². The molecule has 0 amide bonds. The van der Waals surface area contributed by atoms with Crippen molar-refractivity contribution in [3.8, 4) is 0 Å². The van der Waals surface area contributed by atoms with Gasteiger partial charge in [0.15, 0.2) is 0 Å². The Morgan fingerprint density at radius 3 is 2.07 bits per heavy atom. The molecule has 0 aromatic carbocycles. The van der Waals surface area contributed by atoms with Crippen LogP contribution >= 0.6 is 0 Å². The molecule has 0 aliphatic heterocycles. The lowest BCUT2D eigenvalue weighted by Crippen LogP contribution is -2.51. The molecule has 0 atom stereocenters. The third-order valence-corrected chi connectivity index (χ3v) is 4.50. The summed E-state index contributed by atoms with van der Waals surface area (Å²) in [5.41, 5.74) is -0.0520. The van der Waals surface area contributed by atoms with Gasteiger partial charge >= 0.3 is 5.97 Å². The summed E-state index contributed by atoms with van der Waals surface area (Å²) >= 11 is 0. The molecule has 82 valence electrons. The molecule has 2 nitrogen and oxygen atoms in total. The monoisotopic (exact) mass is 198 g/mol. The molecule has 14 heavy (non-hydrogen) atoms. The van der Waals surface area contributed by atoms with Crippen LogP contribution < -0.4 is 0 Å². The van der Waals surface area contributed by atoms with Crippen LogP contribution in [0.5, 0.6) is 0 Å². The predicted octanol–water partition coefficient (Wildman–Crippen LogP) is 3.16. The minimum atomic E-state index is -0.175. The molecule has 0 saturated heterocycles. The fourth-order valence-electron chi connectivity index (χ4n) is 2.71. The van der Waals surface area contributed by atoms with E-state index in [-0.39, 0.29) is 16.8 Å². The average molecular weight is 198 g/mol. The van der Waals surface area contributed by atoms with Gasteiger partial charge in [-0.1, -0.05) is 27.2 Å². The third kappa shape index (κ3) is 1.35. The van der Waals surface area contributed by atoms with Gasteiger partial charge in [0, 0.05) is 0 Å². The van der Waals surface area contributed by atoms with E-state index in [1.54, 1.807) is 0 Å². The van der Waals surface area contributed by atoms with Crippen molar-refractivity contribution in [2.24, 2.45) is 10.8 Å². The van der Waals surface area contributed by atoms with E-state index in [1.165, 1.54) is 13.5 Å². The van der Waals surface area contributed by atoms with Crippen LogP contribution in [0.25, 0.3) is 0 Å². The SMILES string of the molecule is CCC(C)(CC)C1(C(=O)OC)CCC1. The Hall–Kier alpha value is -0.530. The number of methoxy groups -OCH3 is 1. The lowest BCUT2D eigenvalue weighted by molar-refractivity contribution is -0.172. The molecule has 0 radical (unpaired) electrons. The molecule has 1 aliphatic rings. The summed E-state index contributed by atoms with van der Waals surface area (Å²) in [5.74, 6) is 0.00921. The zero-order chi connectivity index (χ0) is 10.8. The number of hydrogen-bond donors (Lipinski definition) is 0. The Kier molecular flexibility index (Phi) is 3.23. The van der Waals surface area contributed by atoms with Crippen LogP contribution in [0.1, 0.15) is 52.9 Å². The van der Waals surface area contributed by atoms with Crippen molar-refractivity contribution in [3.05, 3.63) is 0 Å². The second-order valence-electron chi connectivity index (χ2n) is 4.70. The first-order valence-corrected chi connectivity index (χ1v) is 5.64. The Balaban J connectivity index is 2.93. The lowest BCUT2D eigenvalue weighted by Gasteiger charge is -2.51. The summed E-state index contributed by atoms with van der Waals surface area (Å²) in [5, 5.41) is 0. The topological polar surface area (TPSA) is 26.3 Å². The smallest absolute Gasteiger partial charge is 0.312 e. The van der Waals surface area contributed by atoms with Gasteiger partial charge in [-0.05, 0) is 31.1 Å². The van der Waals surface area contributed by atoms with Crippen molar-refractivity contribution < 1.29 is 9.53 Å². The molecule has 0 aromatic rings. The molecule has 0 N–H and O–H groups in total. The Bertz CT molecular complexity index is 212. The van der Waals surface area contributed by atoms with Crippen molar-refractivity contribution in [1.82, 2.24) is 0 Å². The molecule has 1 saturated carbocycles. The first-order valence-electron chi connectivity index (χ1n) is 5.64. The minimum Gasteiger partial charge on any atom is -0.469 e. The van der Waals surface area contributed by atoms with Crippen LogP contribution in [0, 0.1) is 10.8 Å². The zero-order valence-corrected chi connectivity index (χ0v) is 9.85. The van der Waals surface area contributed by atoms with E-state index >= 15 is 0 Å². The standard InChI is InChI=1S/C12H22O2/c1-5-11(3,6-2)12(8-7-9-12)10(13)14-4/h5-9H2,1-4H3. The van der Waals surface area contributed by atoms with E-state index in [4.69, 9.17) is 4.74 Å². The second kappa shape index (κ2) is 3.92. The van der Waals surface area contributed by atoms with Crippen molar-refractivity contribution in [2.45, 2.75) is 52.9 Å². The van der Waals surface area contributed by atoms with E-state index in [0.717, 1.165) is 25.7 Å². The number of esters is 1. The van der Waals surface area contributed by atoms with E-state index in [2.05, 4.69) is 20.8 Å². The van der Waals surface area contributed by atoms with Crippen molar-refractivity contribution in [1.29, 1.82) is 0 Å². The highest BCUT2D eigenvalue weighted by molar-refractivity contribution is 5.78. The van der Waals surface area contributed by atoms with Crippen LogP contribution in [0.15, 0.2) is 0 Å². The van der Waals surface area contributed by atoms with Crippen LogP contribution in [0.2, 0.25) is 0 Å². The summed E-state index contributed by atoms with van der Waals surface area (Å²) in [6.45, 7) is 6.57. The predicted molar refractivity (Wildman–Crippen MR) is 57.0 cm³/mol. The number of ether oxygens (including phenoxy) is 1. The van der Waals surface area contributed by atoms with Gasteiger partial charge in [-0.15, -0.1) is 0 Å². The highest BCUT2D eigenvalue weighted by atomic mass is 16.5. The van der Waals surface area contributed by atoms with Gasteiger partial charge < -0.3 is 4.74 Å². The molecule has 2 heteroatoms. The highest BCUT2D eigenvalue weighted by Gasteiger charge is 2.56.